The fraction of sp³-hybridized carbons (Fsp3) is 0.474. The quantitative estimate of drug-likeness (QED) is 0.766. The summed E-state index contributed by atoms with van der Waals surface area (Å²) in [6, 6.07) is 2.36. The van der Waals surface area contributed by atoms with Gasteiger partial charge in [-0.3, -0.25) is 0 Å². The summed E-state index contributed by atoms with van der Waals surface area (Å²) in [6.45, 7) is 5.25. The number of urea groups is 1. The lowest BCUT2D eigenvalue weighted by Crippen LogP contribution is -2.46. The van der Waals surface area contributed by atoms with Gasteiger partial charge in [0.15, 0.2) is 11.5 Å². The second-order valence-electron chi connectivity index (χ2n) is 6.35. The van der Waals surface area contributed by atoms with Crippen LogP contribution in [0.5, 0.6) is 17.2 Å². The summed E-state index contributed by atoms with van der Waals surface area (Å²) in [6.07, 6.45) is -0.290. The van der Waals surface area contributed by atoms with E-state index in [1.807, 2.05) is 0 Å². The summed E-state index contributed by atoms with van der Waals surface area (Å²) in [5, 5.41) is 2.83. The van der Waals surface area contributed by atoms with E-state index < -0.39 is 12.0 Å². The molecule has 0 bridgehead atoms. The third-order valence-electron chi connectivity index (χ3n) is 4.34. The molecule has 0 radical (unpaired) electrons. The molecule has 1 aliphatic heterocycles. The molecule has 1 atom stereocenters. The van der Waals surface area contributed by atoms with Crippen molar-refractivity contribution in [2.75, 3.05) is 28.4 Å². The van der Waals surface area contributed by atoms with Crippen molar-refractivity contribution in [1.29, 1.82) is 0 Å². The lowest BCUT2D eigenvalue weighted by atomic mass is 9.94. The summed E-state index contributed by atoms with van der Waals surface area (Å²) in [4.78, 5) is 26.5. The Morgan fingerprint density at radius 3 is 2.11 bits per heavy atom. The maximum absolute atomic E-state index is 12.7. The smallest absolute Gasteiger partial charge is 0.338 e. The number of benzene rings is 1. The Labute approximate surface area is 159 Å². The van der Waals surface area contributed by atoms with E-state index in [2.05, 4.69) is 5.32 Å². The maximum atomic E-state index is 12.7. The van der Waals surface area contributed by atoms with Crippen molar-refractivity contribution >= 4 is 12.0 Å². The summed E-state index contributed by atoms with van der Waals surface area (Å²) in [5.41, 5.74) is 1.48. The third-order valence-corrected chi connectivity index (χ3v) is 4.34. The van der Waals surface area contributed by atoms with Gasteiger partial charge < -0.3 is 29.2 Å². The molecule has 1 heterocycles. The maximum Gasteiger partial charge on any atom is 0.338 e. The van der Waals surface area contributed by atoms with Crippen molar-refractivity contribution in [3.05, 3.63) is 29.0 Å². The zero-order valence-corrected chi connectivity index (χ0v) is 16.7. The van der Waals surface area contributed by atoms with E-state index in [1.165, 1.54) is 26.2 Å². The summed E-state index contributed by atoms with van der Waals surface area (Å²) >= 11 is 0. The van der Waals surface area contributed by atoms with E-state index in [0.717, 1.165) is 0 Å². The molecule has 0 fully saturated rings. The molecule has 0 unspecified atom stereocenters. The van der Waals surface area contributed by atoms with Gasteiger partial charge in [0.2, 0.25) is 5.75 Å². The molecular weight excluding hydrogens is 352 g/mol. The molecule has 0 saturated heterocycles. The topological polar surface area (TPSA) is 86.3 Å². The van der Waals surface area contributed by atoms with Crippen LogP contribution < -0.4 is 19.5 Å². The molecule has 1 N–H and O–H groups in total. The van der Waals surface area contributed by atoms with Gasteiger partial charge in [0.1, 0.15) is 0 Å². The molecule has 0 saturated carbocycles. The number of ether oxygens (including phenoxy) is 4. The average Bonchev–Trinajstić information content (AvgIpc) is 2.63. The highest BCUT2D eigenvalue weighted by Crippen LogP contribution is 2.42. The van der Waals surface area contributed by atoms with E-state index in [-0.39, 0.29) is 12.1 Å². The van der Waals surface area contributed by atoms with E-state index >= 15 is 0 Å². The van der Waals surface area contributed by atoms with E-state index in [1.54, 1.807) is 40.0 Å². The van der Waals surface area contributed by atoms with Gasteiger partial charge in [-0.05, 0) is 38.5 Å². The Morgan fingerprint density at radius 1 is 1.11 bits per heavy atom. The standard InChI is InChI=1S/C19H26N2O6/c1-10(2)27-18(22)15-11(3)21(4)19(23)20-16(15)12-8-13(24-5)17(26-7)14(9-12)25-6/h8-10,16H,1-7H3,(H,20,23)/t16-/m0/s1. The predicted molar refractivity (Wildman–Crippen MR) is 99.1 cm³/mol. The van der Waals surface area contributed by atoms with Gasteiger partial charge >= 0.3 is 12.0 Å². The molecule has 2 amide bonds. The van der Waals surface area contributed by atoms with Crippen molar-refractivity contribution in [3.8, 4) is 17.2 Å². The van der Waals surface area contributed by atoms with Crippen molar-refractivity contribution in [1.82, 2.24) is 10.2 Å². The zero-order chi connectivity index (χ0) is 20.3. The summed E-state index contributed by atoms with van der Waals surface area (Å²) in [7, 11) is 6.11. The van der Waals surface area contributed by atoms with Crippen molar-refractivity contribution in [3.63, 3.8) is 0 Å². The second-order valence-corrected chi connectivity index (χ2v) is 6.35. The fourth-order valence-electron chi connectivity index (χ4n) is 2.90. The van der Waals surface area contributed by atoms with Crippen molar-refractivity contribution < 1.29 is 28.5 Å². The third kappa shape index (κ3) is 3.94. The Bertz CT molecular complexity index is 746. The number of carbonyl (C=O) groups excluding carboxylic acids is 2. The fourth-order valence-corrected chi connectivity index (χ4v) is 2.90. The minimum Gasteiger partial charge on any atom is -0.493 e. The van der Waals surface area contributed by atoms with Gasteiger partial charge in [0.25, 0.3) is 0 Å². The number of esters is 1. The van der Waals surface area contributed by atoms with Crippen LogP contribution in [-0.4, -0.2) is 51.4 Å². The van der Waals surface area contributed by atoms with Crippen LogP contribution in [0.4, 0.5) is 4.79 Å². The number of hydrogen-bond donors (Lipinski definition) is 1. The van der Waals surface area contributed by atoms with Crippen LogP contribution in [0.15, 0.2) is 23.4 Å². The zero-order valence-electron chi connectivity index (χ0n) is 16.7. The first-order valence-corrected chi connectivity index (χ1v) is 8.51. The Morgan fingerprint density at radius 2 is 1.67 bits per heavy atom. The summed E-state index contributed by atoms with van der Waals surface area (Å²) in [5.74, 6) is 0.784. The number of methoxy groups -OCH3 is 3. The normalized spacial score (nSPS) is 17.0. The highest BCUT2D eigenvalue weighted by molar-refractivity contribution is 5.95. The number of carbonyl (C=O) groups is 2. The molecule has 8 nitrogen and oxygen atoms in total. The SMILES string of the molecule is COc1cc([C@@H]2NC(=O)N(C)C(C)=C2C(=O)OC(C)C)cc(OC)c1OC. The minimum absolute atomic E-state index is 0.290. The first kappa shape index (κ1) is 20.4. The molecule has 1 aromatic rings. The number of amides is 2. The van der Waals surface area contributed by atoms with Crippen LogP contribution in [0, 0.1) is 0 Å². The van der Waals surface area contributed by atoms with Crippen LogP contribution in [0.3, 0.4) is 0 Å². The van der Waals surface area contributed by atoms with E-state index in [0.29, 0.717) is 34.1 Å². The van der Waals surface area contributed by atoms with Gasteiger partial charge in [-0.1, -0.05) is 0 Å². The van der Waals surface area contributed by atoms with E-state index in [4.69, 9.17) is 18.9 Å². The first-order valence-electron chi connectivity index (χ1n) is 8.51. The molecule has 148 valence electrons. The van der Waals surface area contributed by atoms with Gasteiger partial charge in [0, 0.05) is 12.7 Å². The van der Waals surface area contributed by atoms with Gasteiger partial charge in [0.05, 0.1) is 39.0 Å². The molecule has 0 spiro atoms. The molecule has 0 aromatic heterocycles. The highest BCUT2D eigenvalue weighted by Gasteiger charge is 2.36. The lowest BCUT2D eigenvalue weighted by Gasteiger charge is -2.33. The first-order chi connectivity index (χ1) is 12.7. The van der Waals surface area contributed by atoms with Crippen LogP contribution in [-0.2, 0) is 9.53 Å². The highest BCUT2D eigenvalue weighted by atomic mass is 16.5. The molecule has 0 aliphatic carbocycles. The number of nitrogens with zero attached hydrogens (tertiary/aromatic N) is 1. The number of rotatable bonds is 6. The largest absolute Gasteiger partial charge is 0.493 e. The van der Waals surface area contributed by atoms with Gasteiger partial charge in [-0.25, -0.2) is 9.59 Å². The van der Waals surface area contributed by atoms with Crippen molar-refractivity contribution in [2.24, 2.45) is 0 Å². The van der Waals surface area contributed by atoms with Crippen LogP contribution >= 0.6 is 0 Å². The molecule has 2 rings (SSSR count). The second kappa shape index (κ2) is 8.20. The lowest BCUT2D eigenvalue weighted by molar-refractivity contribution is -0.143. The summed E-state index contributed by atoms with van der Waals surface area (Å²) < 4.78 is 21.5. The van der Waals surface area contributed by atoms with Gasteiger partial charge in [-0.15, -0.1) is 0 Å². The predicted octanol–water partition coefficient (Wildman–Crippen LogP) is 2.63. The van der Waals surface area contributed by atoms with Crippen LogP contribution in [0.1, 0.15) is 32.4 Å². The number of hydrogen-bond acceptors (Lipinski definition) is 6. The number of allylic oxidation sites excluding steroid dienone is 1. The molecule has 1 aliphatic rings. The minimum atomic E-state index is -0.714. The van der Waals surface area contributed by atoms with Crippen LogP contribution in [0.25, 0.3) is 0 Å². The molecule has 1 aromatic carbocycles. The van der Waals surface area contributed by atoms with E-state index in [9.17, 15) is 9.59 Å². The Kier molecular flexibility index (Phi) is 6.20. The van der Waals surface area contributed by atoms with Crippen molar-refractivity contribution in [2.45, 2.75) is 32.9 Å². The van der Waals surface area contributed by atoms with Gasteiger partial charge in [-0.2, -0.15) is 0 Å². The molecular formula is C19H26N2O6. The molecule has 8 heteroatoms. The Hall–Kier alpha value is -2.90. The van der Waals surface area contributed by atoms with Crippen LogP contribution in [0.2, 0.25) is 0 Å². The number of nitrogens with one attached hydrogen (secondary N) is 1. The average molecular weight is 378 g/mol. The molecule has 27 heavy (non-hydrogen) atoms. The monoisotopic (exact) mass is 378 g/mol. The Balaban J connectivity index is 2.63.